The summed E-state index contributed by atoms with van der Waals surface area (Å²) in [5.74, 6) is 1.71. The van der Waals surface area contributed by atoms with Crippen molar-refractivity contribution in [3.05, 3.63) is 54.1 Å². The topological polar surface area (TPSA) is 46.9 Å². The highest BCUT2D eigenvalue weighted by atomic mass is 16.1. The number of nitrogens with zero attached hydrogens (tertiary/aromatic N) is 2. The number of rotatable bonds is 8. The number of hydrogen-bond donors (Lipinski definition) is 1. The van der Waals surface area contributed by atoms with Crippen molar-refractivity contribution in [1.82, 2.24) is 14.9 Å². The number of carbonyl (C=O) groups is 1. The zero-order valence-corrected chi connectivity index (χ0v) is 13.5. The number of imidazole rings is 1. The monoisotopic (exact) mass is 299 g/mol. The maximum absolute atomic E-state index is 11.7. The first-order valence-electron chi connectivity index (χ1n) is 7.96. The summed E-state index contributed by atoms with van der Waals surface area (Å²) in [6, 6.07) is 10.3. The van der Waals surface area contributed by atoms with Crippen LogP contribution in [-0.2, 0) is 17.8 Å². The molecule has 1 amide bonds. The molecule has 0 saturated carbocycles. The third-order valence-corrected chi connectivity index (χ3v) is 3.62. The van der Waals surface area contributed by atoms with E-state index in [4.69, 9.17) is 0 Å². The van der Waals surface area contributed by atoms with Crippen molar-refractivity contribution in [2.75, 3.05) is 6.54 Å². The molecule has 118 valence electrons. The van der Waals surface area contributed by atoms with Gasteiger partial charge in [0.25, 0.3) is 0 Å². The molecule has 1 aromatic heterocycles. The smallest absolute Gasteiger partial charge is 0.220 e. The first kappa shape index (κ1) is 16.3. The number of nitrogens with one attached hydrogen (secondary N) is 1. The molecule has 2 rings (SSSR count). The second kappa shape index (κ2) is 8.37. The SMILES string of the molecule is CC(C)CCC(=O)NCCc1nccn1Cc1ccccc1. The molecule has 0 aliphatic heterocycles. The summed E-state index contributed by atoms with van der Waals surface area (Å²) in [7, 11) is 0. The Kier molecular flexibility index (Phi) is 6.19. The van der Waals surface area contributed by atoms with Crippen LogP contribution < -0.4 is 5.32 Å². The molecule has 1 N–H and O–H groups in total. The van der Waals surface area contributed by atoms with Gasteiger partial charge in [-0.2, -0.15) is 0 Å². The van der Waals surface area contributed by atoms with E-state index in [0.29, 0.717) is 18.9 Å². The van der Waals surface area contributed by atoms with Gasteiger partial charge in [0, 0.05) is 38.3 Å². The van der Waals surface area contributed by atoms with Gasteiger partial charge in [-0.25, -0.2) is 4.98 Å². The molecule has 0 aliphatic rings. The molecule has 0 spiro atoms. The van der Waals surface area contributed by atoms with Crippen LogP contribution in [0.4, 0.5) is 0 Å². The van der Waals surface area contributed by atoms with Crippen molar-refractivity contribution in [3.8, 4) is 0 Å². The van der Waals surface area contributed by atoms with E-state index in [1.165, 1.54) is 5.56 Å². The molecule has 4 nitrogen and oxygen atoms in total. The molecule has 0 bridgehead atoms. The Bertz CT molecular complexity index is 575. The fourth-order valence-corrected chi connectivity index (χ4v) is 2.31. The first-order valence-corrected chi connectivity index (χ1v) is 7.96. The van der Waals surface area contributed by atoms with Crippen molar-refractivity contribution < 1.29 is 4.79 Å². The predicted octanol–water partition coefficient (Wildman–Crippen LogP) is 3.03. The average Bonchev–Trinajstić information content (AvgIpc) is 2.93. The van der Waals surface area contributed by atoms with Gasteiger partial charge in [0.2, 0.25) is 5.91 Å². The van der Waals surface area contributed by atoms with Gasteiger partial charge in [-0.05, 0) is 17.9 Å². The molecule has 0 unspecified atom stereocenters. The number of amides is 1. The van der Waals surface area contributed by atoms with Gasteiger partial charge < -0.3 is 9.88 Å². The summed E-state index contributed by atoms with van der Waals surface area (Å²) in [6.07, 6.45) is 6.11. The molecule has 4 heteroatoms. The van der Waals surface area contributed by atoms with E-state index in [9.17, 15) is 4.79 Å². The Morgan fingerprint density at radius 1 is 1.27 bits per heavy atom. The van der Waals surface area contributed by atoms with Crippen LogP contribution in [0.3, 0.4) is 0 Å². The van der Waals surface area contributed by atoms with Crippen LogP contribution in [0.25, 0.3) is 0 Å². The van der Waals surface area contributed by atoms with Crippen molar-refractivity contribution >= 4 is 5.91 Å². The lowest BCUT2D eigenvalue weighted by molar-refractivity contribution is -0.121. The van der Waals surface area contributed by atoms with Crippen molar-refractivity contribution in [2.24, 2.45) is 5.92 Å². The minimum absolute atomic E-state index is 0.134. The van der Waals surface area contributed by atoms with Gasteiger partial charge in [-0.15, -0.1) is 0 Å². The summed E-state index contributed by atoms with van der Waals surface area (Å²) < 4.78 is 2.13. The summed E-state index contributed by atoms with van der Waals surface area (Å²) in [5, 5.41) is 2.98. The third-order valence-electron chi connectivity index (χ3n) is 3.62. The number of aromatic nitrogens is 2. The van der Waals surface area contributed by atoms with Crippen molar-refractivity contribution in [2.45, 2.75) is 39.7 Å². The lowest BCUT2D eigenvalue weighted by Crippen LogP contribution is -2.26. The van der Waals surface area contributed by atoms with Crippen LogP contribution in [0.5, 0.6) is 0 Å². The largest absolute Gasteiger partial charge is 0.356 e. The Morgan fingerprint density at radius 2 is 2.05 bits per heavy atom. The molecule has 0 atom stereocenters. The molecule has 1 heterocycles. The Labute approximate surface area is 132 Å². The van der Waals surface area contributed by atoms with E-state index >= 15 is 0 Å². The molecule has 1 aromatic carbocycles. The minimum atomic E-state index is 0.134. The summed E-state index contributed by atoms with van der Waals surface area (Å²) in [6.45, 7) is 5.72. The quantitative estimate of drug-likeness (QED) is 0.814. The number of carbonyl (C=O) groups excluding carboxylic acids is 1. The molecule has 22 heavy (non-hydrogen) atoms. The van der Waals surface area contributed by atoms with Crippen LogP contribution in [0.2, 0.25) is 0 Å². The van der Waals surface area contributed by atoms with E-state index in [1.54, 1.807) is 0 Å². The highest BCUT2D eigenvalue weighted by Gasteiger charge is 2.06. The highest BCUT2D eigenvalue weighted by molar-refractivity contribution is 5.75. The van der Waals surface area contributed by atoms with Gasteiger partial charge >= 0.3 is 0 Å². The molecular weight excluding hydrogens is 274 g/mol. The predicted molar refractivity (Wildman–Crippen MR) is 88.6 cm³/mol. The zero-order chi connectivity index (χ0) is 15.8. The number of hydrogen-bond acceptors (Lipinski definition) is 2. The van der Waals surface area contributed by atoms with E-state index < -0.39 is 0 Å². The summed E-state index contributed by atoms with van der Waals surface area (Å²) in [5.41, 5.74) is 1.25. The Balaban J connectivity index is 1.79. The molecule has 0 fully saturated rings. The number of benzene rings is 1. The van der Waals surface area contributed by atoms with E-state index in [-0.39, 0.29) is 5.91 Å². The molecule has 2 aromatic rings. The summed E-state index contributed by atoms with van der Waals surface area (Å²) >= 11 is 0. The minimum Gasteiger partial charge on any atom is -0.356 e. The Morgan fingerprint density at radius 3 is 2.77 bits per heavy atom. The molecule has 0 aliphatic carbocycles. The van der Waals surface area contributed by atoms with E-state index in [0.717, 1.165) is 25.2 Å². The zero-order valence-electron chi connectivity index (χ0n) is 13.5. The standard InChI is InChI=1S/C18H25N3O/c1-15(2)8-9-18(22)20-11-10-17-19-12-13-21(17)14-16-6-4-3-5-7-16/h3-7,12-13,15H,8-11,14H2,1-2H3,(H,20,22). The maximum Gasteiger partial charge on any atom is 0.220 e. The van der Waals surface area contributed by atoms with Crippen molar-refractivity contribution in [3.63, 3.8) is 0 Å². The maximum atomic E-state index is 11.7. The molecule has 0 saturated heterocycles. The van der Waals surface area contributed by atoms with Gasteiger partial charge in [0.1, 0.15) is 5.82 Å². The lowest BCUT2D eigenvalue weighted by Gasteiger charge is -2.09. The van der Waals surface area contributed by atoms with Gasteiger partial charge in [-0.1, -0.05) is 44.2 Å². The van der Waals surface area contributed by atoms with Crippen LogP contribution in [0, 0.1) is 5.92 Å². The first-order chi connectivity index (χ1) is 10.6. The second-order valence-electron chi connectivity index (χ2n) is 5.99. The second-order valence-corrected chi connectivity index (χ2v) is 5.99. The van der Waals surface area contributed by atoms with Gasteiger partial charge in [-0.3, -0.25) is 4.79 Å². The third kappa shape index (κ3) is 5.35. The molecule has 0 radical (unpaired) electrons. The molecular formula is C18H25N3O. The van der Waals surface area contributed by atoms with E-state index in [2.05, 4.69) is 40.8 Å². The average molecular weight is 299 g/mol. The fourth-order valence-electron chi connectivity index (χ4n) is 2.31. The van der Waals surface area contributed by atoms with E-state index in [1.807, 2.05) is 30.6 Å². The van der Waals surface area contributed by atoms with Crippen molar-refractivity contribution in [1.29, 1.82) is 0 Å². The fraction of sp³-hybridized carbons (Fsp3) is 0.444. The van der Waals surface area contributed by atoms with Crippen LogP contribution in [0.1, 0.15) is 38.1 Å². The Hall–Kier alpha value is -2.10. The van der Waals surface area contributed by atoms with Crippen LogP contribution in [-0.4, -0.2) is 22.0 Å². The lowest BCUT2D eigenvalue weighted by atomic mass is 10.1. The van der Waals surface area contributed by atoms with Crippen LogP contribution >= 0.6 is 0 Å². The highest BCUT2D eigenvalue weighted by Crippen LogP contribution is 2.06. The van der Waals surface area contributed by atoms with Gasteiger partial charge in [0.15, 0.2) is 0 Å². The van der Waals surface area contributed by atoms with Crippen LogP contribution in [0.15, 0.2) is 42.7 Å². The summed E-state index contributed by atoms with van der Waals surface area (Å²) in [4.78, 5) is 16.1. The normalized spacial score (nSPS) is 10.9. The van der Waals surface area contributed by atoms with Gasteiger partial charge in [0.05, 0.1) is 0 Å².